The largest absolute Gasteiger partial charge is 0.497 e. The van der Waals surface area contributed by atoms with Crippen molar-refractivity contribution < 1.29 is 4.74 Å². The van der Waals surface area contributed by atoms with Gasteiger partial charge in [0.25, 0.3) is 0 Å². The van der Waals surface area contributed by atoms with Crippen molar-refractivity contribution >= 4 is 15.9 Å². The van der Waals surface area contributed by atoms with Gasteiger partial charge in [-0.25, -0.2) is 0 Å². The van der Waals surface area contributed by atoms with E-state index in [2.05, 4.69) is 34.2 Å². The van der Waals surface area contributed by atoms with Gasteiger partial charge in [0, 0.05) is 4.47 Å². The zero-order valence-electron chi connectivity index (χ0n) is 10.8. The van der Waals surface area contributed by atoms with E-state index in [-0.39, 0.29) is 0 Å². The van der Waals surface area contributed by atoms with Crippen LogP contribution in [-0.4, -0.2) is 20.2 Å². The van der Waals surface area contributed by atoms with Gasteiger partial charge in [-0.2, -0.15) is 0 Å². The van der Waals surface area contributed by atoms with Crippen molar-refractivity contribution in [3.63, 3.8) is 0 Å². The molecule has 0 fully saturated rings. The maximum absolute atomic E-state index is 5.18. The molecule has 96 valence electrons. The Balaban J connectivity index is 2.27. The van der Waals surface area contributed by atoms with E-state index in [4.69, 9.17) is 4.74 Å². The second kappa shape index (κ2) is 8.54. The smallest absolute Gasteiger partial charge is 0.120 e. The van der Waals surface area contributed by atoms with Crippen LogP contribution >= 0.6 is 15.9 Å². The van der Waals surface area contributed by atoms with Crippen molar-refractivity contribution in [2.45, 2.75) is 32.6 Å². The zero-order chi connectivity index (χ0) is 12.5. The summed E-state index contributed by atoms with van der Waals surface area (Å²) in [5.41, 5.74) is 1.37. The summed E-state index contributed by atoms with van der Waals surface area (Å²) in [7, 11) is 1.70. The molecule has 0 spiro atoms. The van der Waals surface area contributed by atoms with Crippen molar-refractivity contribution in [1.29, 1.82) is 0 Å². The molecule has 1 N–H and O–H groups in total. The normalized spacial score (nSPS) is 10.5. The Morgan fingerprint density at radius 3 is 2.71 bits per heavy atom. The first-order chi connectivity index (χ1) is 8.27. The van der Waals surface area contributed by atoms with Crippen LogP contribution in [-0.2, 0) is 6.42 Å². The number of methoxy groups -OCH3 is 1. The molecule has 1 rings (SSSR count). The van der Waals surface area contributed by atoms with Crippen LogP contribution in [0, 0.1) is 0 Å². The number of halogens is 1. The Kier molecular flexibility index (Phi) is 7.29. The van der Waals surface area contributed by atoms with E-state index >= 15 is 0 Å². The second-order valence-electron chi connectivity index (χ2n) is 4.12. The minimum atomic E-state index is 0.910. The van der Waals surface area contributed by atoms with Crippen molar-refractivity contribution in [1.82, 2.24) is 5.32 Å². The predicted octanol–water partition coefficient (Wildman–Crippen LogP) is 3.78. The van der Waals surface area contributed by atoms with Crippen LogP contribution in [0.4, 0.5) is 0 Å². The minimum absolute atomic E-state index is 0.910. The van der Waals surface area contributed by atoms with Crippen LogP contribution in [0.3, 0.4) is 0 Å². The standard InChI is InChI=1S/C14H22BrNO/c1-3-16-10-6-4-5-7-12-8-9-13(17-2)11-14(12)15/h8-9,11,16H,3-7,10H2,1-2H3. The third kappa shape index (κ3) is 5.55. The summed E-state index contributed by atoms with van der Waals surface area (Å²) in [5.74, 6) is 0.910. The molecule has 2 nitrogen and oxygen atoms in total. The first-order valence-corrected chi connectivity index (χ1v) is 7.10. The molecule has 0 saturated heterocycles. The highest BCUT2D eigenvalue weighted by molar-refractivity contribution is 9.10. The average molecular weight is 300 g/mol. The number of hydrogen-bond donors (Lipinski definition) is 1. The molecule has 0 radical (unpaired) electrons. The Hall–Kier alpha value is -0.540. The third-order valence-corrected chi connectivity index (χ3v) is 3.55. The van der Waals surface area contributed by atoms with Gasteiger partial charge >= 0.3 is 0 Å². The van der Waals surface area contributed by atoms with E-state index in [1.165, 1.54) is 24.8 Å². The maximum atomic E-state index is 5.18. The topological polar surface area (TPSA) is 21.3 Å². The lowest BCUT2D eigenvalue weighted by Crippen LogP contribution is -2.13. The lowest BCUT2D eigenvalue weighted by atomic mass is 10.1. The summed E-state index contributed by atoms with van der Waals surface area (Å²) < 4.78 is 6.34. The third-order valence-electron chi connectivity index (χ3n) is 2.81. The van der Waals surface area contributed by atoms with Gasteiger partial charge in [0.15, 0.2) is 0 Å². The summed E-state index contributed by atoms with van der Waals surface area (Å²) in [5, 5.41) is 3.35. The van der Waals surface area contributed by atoms with E-state index in [0.717, 1.165) is 29.7 Å². The lowest BCUT2D eigenvalue weighted by Gasteiger charge is -2.07. The predicted molar refractivity (Wildman–Crippen MR) is 76.8 cm³/mol. The highest BCUT2D eigenvalue weighted by Crippen LogP contribution is 2.24. The molecule has 0 bridgehead atoms. The first-order valence-electron chi connectivity index (χ1n) is 6.31. The lowest BCUT2D eigenvalue weighted by molar-refractivity contribution is 0.414. The van der Waals surface area contributed by atoms with Crippen molar-refractivity contribution in [2.24, 2.45) is 0 Å². The number of ether oxygens (including phenoxy) is 1. The minimum Gasteiger partial charge on any atom is -0.497 e. The number of hydrogen-bond acceptors (Lipinski definition) is 2. The molecule has 0 aliphatic rings. The zero-order valence-corrected chi connectivity index (χ0v) is 12.3. The fourth-order valence-corrected chi connectivity index (χ4v) is 2.33. The van der Waals surface area contributed by atoms with Crippen LogP contribution in [0.1, 0.15) is 31.7 Å². The second-order valence-corrected chi connectivity index (χ2v) is 4.98. The Bertz CT molecular complexity index is 328. The fraction of sp³-hybridized carbons (Fsp3) is 0.571. The van der Waals surface area contributed by atoms with Gasteiger partial charge in [-0.15, -0.1) is 0 Å². The van der Waals surface area contributed by atoms with E-state index in [0.29, 0.717) is 0 Å². The quantitative estimate of drug-likeness (QED) is 0.738. The molecule has 0 aromatic heterocycles. The maximum Gasteiger partial charge on any atom is 0.120 e. The van der Waals surface area contributed by atoms with Gasteiger partial charge in [0.05, 0.1) is 7.11 Å². The van der Waals surface area contributed by atoms with Gasteiger partial charge in [0.1, 0.15) is 5.75 Å². The van der Waals surface area contributed by atoms with Crippen LogP contribution in [0.2, 0.25) is 0 Å². The average Bonchev–Trinajstić information content (AvgIpc) is 2.35. The van der Waals surface area contributed by atoms with Crippen LogP contribution in [0.25, 0.3) is 0 Å². The summed E-state index contributed by atoms with van der Waals surface area (Å²) in [6.07, 6.45) is 4.93. The summed E-state index contributed by atoms with van der Waals surface area (Å²) in [6.45, 7) is 4.36. The van der Waals surface area contributed by atoms with Crippen LogP contribution in [0.5, 0.6) is 5.75 Å². The molecule has 3 heteroatoms. The van der Waals surface area contributed by atoms with Crippen molar-refractivity contribution in [3.8, 4) is 5.75 Å². The molecule has 0 unspecified atom stereocenters. The van der Waals surface area contributed by atoms with Gasteiger partial charge < -0.3 is 10.1 Å². The van der Waals surface area contributed by atoms with E-state index in [1.54, 1.807) is 7.11 Å². The molecule has 0 aliphatic heterocycles. The van der Waals surface area contributed by atoms with Crippen LogP contribution < -0.4 is 10.1 Å². The molecular weight excluding hydrogens is 278 g/mol. The van der Waals surface area contributed by atoms with Gasteiger partial charge in [0.2, 0.25) is 0 Å². The summed E-state index contributed by atoms with van der Waals surface area (Å²) in [4.78, 5) is 0. The number of aryl methyl sites for hydroxylation is 1. The molecule has 1 aromatic rings. The monoisotopic (exact) mass is 299 g/mol. The highest BCUT2D eigenvalue weighted by Gasteiger charge is 2.01. The number of nitrogens with one attached hydrogen (secondary N) is 1. The molecular formula is C14H22BrNO. The molecule has 1 aromatic carbocycles. The molecule has 0 amide bonds. The van der Waals surface area contributed by atoms with Gasteiger partial charge in [-0.05, 0) is 50.0 Å². The highest BCUT2D eigenvalue weighted by atomic mass is 79.9. The van der Waals surface area contributed by atoms with E-state index < -0.39 is 0 Å². The molecule has 0 heterocycles. The molecule has 0 saturated carbocycles. The summed E-state index contributed by atoms with van der Waals surface area (Å²) in [6, 6.07) is 6.21. The number of unbranched alkanes of at least 4 members (excludes halogenated alkanes) is 2. The summed E-state index contributed by atoms with van der Waals surface area (Å²) >= 11 is 3.59. The molecule has 0 aliphatic carbocycles. The van der Waals surface area contributed by atoms with E-state index in [9.17, 15) is 0 Å². The van der Waals surface area contributed by atoms with Crippen molar-refractivity contribution in [3.05, 3.63) is 28.2 Å². The van der Waals surface area contributed by atoms with Gasteiger partial charge in [-0.3, -0.25) is 0 Å². The van der Waals surface area contributed by atoms with Gasteiger partial charge in [-0.1, -0.05) is 35.3 Å². The SMILES string of the molecule is CCNCCCCCc1ccc(OC)cc1Br. The van der Waals surface area contributed by atoms with E-state index in [1.807, 2.05) is 12.1 Å². The molecule has 17 heavy (non-hydrogen) atoms. The Labute approximate surface area is 113 Å². The number of benzene rings is 1. The molecule has 0 atom stereocenters. The Morgan fingerprint density at radius 1 is 1.24 bits per heavy atom. The van der Waals surface area contributed by atoms with Crippen molar-refractivity contribution in [2.75, 3.05) is 20.2 Å². The fourth-order valence-electron chi connectivity index (χ4n) is 1.78. The number of rotatable bonds is 8. The first kappa shape index (κ1) is 14.5. The van der Waals surface area contributed by atoms with Crippen LogP contribution in [0.15, 0.2) is 22.7 Å². The Morgan fingerprint density at radius 2 is 2.06 bits per heavy atom.